The van der Waals surface area contributed by atoms with Crippen LogP contribution in [0, 0.1) is 13.8 Å². The Balaban J connectivity index is 1.49. The number of carbonyl (C=O) groups excluding carboxylic acids is 1. The van der Waals surface area contributed by atoms with Crippen LogP contribution in [0.15, 0.2) is 35.4 Å². The number of thiophene rings is 1. The van der Waals surface area contributed by atoms with Gasteiger partial charge in [0.2, 0.25) is 5.91 Å². The van der Waals surface area contributed by atoms with Crippen LogP contribution >= 0.6 is 22.7 Å². The van der Waals surface area contributed by atoms with Gasteiger partial charge in [-0.15, -0.1) is 22.7 Å². The molecule has 3 aromatic heterocycles. The van der Waals surface area contributed by atoms with Crippen molar-refractivity contribution < 1.29 is 4.79 Å². The summed E-state index contributed by atoms with van der Waals surface area (Å²) >= 11 is 3.05. The van der Waals surface area contributed by atoms with Gasteiger partial charge < -0.3 is 5.32 Å². The first-order valence-electron chi connectivity index (χ1n) is 8.09. The van der Waals surface area contributed by atoms with Crippen LogP contribution in [-0.4, -0.2) is 20.4 Å². The molecule has 4 rings (SSSR count). The predicted octanol–water partition coefficient (Wildman–Crippen LogP) is 3.00. The van der Waals surface area contributed by atoms with Gasteiger partial charge in [0.15, 0.2) is 0 Å². The van der Waals surface area contributed by atoms with Crippen molar-refractivity contribution in [3.05, 3.63) is 56.4 Å². The highest BCUT2D eigenvalue weighted by Crippen LogP contribution is 2.25. The number of hydrogen-bond donors (Lipinski definition) is 1. The highest BCUT2D eigenvalue weighted by Gasteiger charge is 2.14. The molecule has 0 radical (unpaired) electrons. The summed E-state index contributed by atoms with van der Waals surface area (Å²) in [5, 5.41) is 4.27. The Morgan fingerprint density at radius 3 is 2.85 bits per heavy atom. The van der Waals surface area contributed by atoms with Gasteiger partial charge in [0.05, 0.1) is 28.5 Å². The van der Waals surface area contributed by atoms with Crippen LogP contribution < -0.4 is 10.9 Å². The Morgan fingerprint density at radius 1 is 1.23 bits per heavy atom. The lowest BCUT2D eigenvalue weighted by Gasteiger charge is -2.06. The predicted molar refractivity (Wildman–Crippen MR) is 105 cm³/mol. The maximum absolute atomic E-state index is 12.6. The lowest BCUT2D eigenvalue weighted by Crippen LogP contribution is -2.32. The standard InChI is InChI=1S/C18H16N4O2S2/c1-10-11(2)25-17-16(10)18(24)22(9-20-17)8-14(23)19-7-15-21-12-5-3-4-6-13(12)26-15/h3-6,9H,7-8H2,1-2H3,(H,19,23). The number of hydrogen-bond acceptors (Lipinski definition) is 6. The van der Waals surface area contributed by atoms with Crippen molar-refractivity contribution in [2.45, 2.75) is 26.9 Å². The van der Waals surface area contributed by atoms with Crippen LogP contribution in [0.5, 0.6) is 0 Å². The minimum absolute atomic E-state index is 0.0546. The summed E-state index contributed by atoms with van der Waals surface area (Å²) < 4.78 is 2.45. The topological polar surface area (TPSA) is 76.9 Å². The first-order valence-corrected chi connectivity index (χ1v) is 9.72. The van der Waals surface area contributed by atoms with E-state index in [0.717, 1.165) is 30.5 Å². The van der Waals surface area contributed by atoms with Crippen molar-refractivity contribution in [2.24, 2.45) is 0 Å². The number of carbonyl (C=O) groups is 1. The van der Waals surface area contributed by atoms with Gasteiger partial charge in [0.1, 0.15) is 16.4 Å². The number of thiazole rings is 1. The first kappa shape index (κ1) is 16.9. The second kappa shape index (κ2) is 6.62. The maximum Gasteiger partial charge on any atom is 0.262 e. The molecule has 0 saturated carbocycles. The fraction of sp³-hybridized carbons (Fsp3) is 0.222. The van der Waals surface area contributed by atoms with Gasteiger partial charge in [-0.1, -0.05) is 12.1 Å². The van der Waals surface area contributed by atoms with Crippen LogP contribution in [0.1, 0.15) is 15.4 Å². The normalized spacial score (nSPS) is 11.3. The number of aryl methyl sites for hydroxylation is 2. The maximum atomic E-state index is 12.6. The van der Waals surface area contributed by atoms with E-state index in [1.165, 1.54) is 22.2 Å². The molecule has 0 saturated heterocycles. The second-order valence-electron chi connectivity index (χ2n) is 5.99. The van der Waals surface area contributed by atoms with Crippen LogP contribution in [0.4, 0.5) is 0 Å². The lowest BCUT2D eigenvalue weighted by molar-refractivity contribution is -0.121. The molecule has 6 nitrogen and oxygen atoms in total. The van der Waals surface area contributed by atoms with E-state index in [1.807, 2.05) is 38.1 Å². The molecule has 0 unspecified atom stereocenters. The molecular weight excluding hydrogens is 368 g/mol. The molecule has 0 aliphatic carbocycles. The third kappa shape index (κ3) is 3.02. The molecule has 132 valence electrons. The Kier molecular flexibility index (Phi) is 4.29. The fourth-order valence-electron chi connectivity index (χ4n) is 2.76. The summed E-state index contributed by atoms with van der Waals surface area (Å²) in [6.45, 7) is 4.17. The first-order chi connectivity index (χ1) is 12.5. The van der Waals surface area contributed by atoms with Crippen molar-refractivity contribution in [2.75, 3.05) is 0 Å². The van der Waals surface area contributed by atoms with Gasteiger partial charge in [0, 0.05) is 4.88 Å². The molecule has 0 atom stereocenters. The van der Waals surface area contributed by atoms with Gasteiger partial charge in [-0.2, -0.15) is 0 Å². The summed E-state index contributed by atoms with van der Waals surface area (Å²) in [6.07, 6.45) is 1.44. The summed E-state index contributed by atoms with van der Waals surface area (Å²) in [4.78, 5) is 35.5. The summed E-state index contributed by atoms with van der Waals surface area (Å²) in [6, 6.07) is 7.85. The zero-order valence-electron chi connectivity index (χ0n) is 14.3. The van der Waals surface area contributed by atoms with Gasteiger partial charge in [-0.05, 0) is 31.5 Å². The molecule has 0 spiro atoms. The van der Waals surface area contributed by atoms with Crippen molar-refractivity contribution >= 4 is 49.0 Å². The highest BCUT2D eigenvalue weighted by atomic mass is 32.1. The molecule has 0 aliphatic heterocycles. The molecule has 1 aromatic carbocycles. The van der Waals surface area contributed by atoms with E-state index in [2.05, 4.69) is 15.3 Å². The minimum atomic E-state index is -0.239. The van der Waals surface area contributed by atoms with E-state index in [0.29, 0.717) is 11.9 Å². The van der Waals surface area contributed by atoms with Crippen molar-refractivity contribution in [3.8, 4) is 0 Å². The second-order valence-corrected chi connectivity index (χ2v) is 8.31. The fourth-order valence-corrected chi connectivity index (χ4v) is 4.66. The highest BCUT2D eigenvalue weighted by molar-refractivity contribution is 7.19. The third-order valence-electron chi connectivity index (χ3n) is 4.24. The molecule has 0 bridgehead atoms. The molecule has 3 heterocycles. The Hall–Kier alpha value is -2.58. The molecule has 0 aliphatic rings. The zero-order chi connectivity index (χ0) is 18.3. The average molecular weight is 384 g/mol. The number of benzene rings is 1. The Labute approximate surface area is 157 Å². The number of nitrogens with zero attached hydrogens (tertiary/aromatic N) is 3. The number of amides is 1. The van der Waals surface area contributed by atoms with Crippen molar-refractivity contribution in [3.63, 3.8) is 0 Å². The van der Waals surface area contributed by atoms with E-state index in [-0.39, 0.29) is 18.0 Å². The monoisotopic (exact) mass is 384 g/mol. The van der Waals surface area contributed by atoms with E-state index >= 15 is 0 Å². The largest absolute Gasteiger partial charge is 0.348 e. The minimum Gasteiger partial charge on any atom is -0.348 e. The third-order valence-corrected chi connectivity index (χ3v) is 6.40. The van der Waals surface area contributed by atoms with E-state index in [1.54, 1.807) is 11.3 Å². The molecule has 8 heteroatoms. The van der Waals surface area contributed by atoms with Crippen LogP contribution in [0.3, 0.4) is 0 Å². The summed E-state index contributed by atoms with van der Waals surface area (Å²) in [7, 11) is 0. The quantitative estimate of drug-likeness (QED) is 0.587. The summed E-state index contributed by atoms with van der Waals surface area (Å²) in [5.41, 5.74) is 1.69. The molecule has 26 heavy (non-hydrogen) atoms. The summed E-state index contributed by atoms with van der Waals surface area (Å²) in [5.74, 6) is -0.239. The lowest BCUT2D eigenvalue weighted by atomic mass is 10.2. The zero-order valence-corrected chi connectivity index (χ0v) is 15.9. The van der Waals surface area contributed by atoms with Gasteiger partial charge in [0.25, 0.3) is 5.56 Å². The van der Waals surface area contributed by atoms with Crippen LogP contribution in [0.2, 0.25) is 0 Å². The van der Waals surface area contributed by atoms with Gasteiger partial charge >= 0.3 is 0 Å². The number of rotatable bonds is 4. The van der Waals surface area contributed by atoms with Crippen molar-refractivity contribution in [1.82, 2.24) is 19.9 Å². The van der Waals surface area contributed by atoms with E-state index in [4.69, 9.17) is 0 Å². The number of fused-ring (bicyclic) bond motifs is 2. The SMILES string of the molecule is Cc1sc2ncn(CC(=O)NCc3nc4ccccc4s3)c(=O)c2c1C. The Morgan fingerprint density at radius 2 is 2.04 bits per heavy atom. The molecular formula is C18H16N4O2S2. The molecule has 4 aromatic rings. The number of para-hydroxylation sites is 1. The van der Waals surface area contributed by atoms with E-state index in [9.17, 15) is 9.59 Å². The number of nitrogens with one attached hydrogen (secondary N) is 1. The average Bonchev–Trinajstić information content (AvgIpc) is 3.17. The van der Waals surface area contributed by atoms with E-state index < -0.39 is 0 Å². The van der Waals surface area contributed by atoms with Gasteiger partial charge in [-0.25, -0.2) is 9.97 Å². The molecule has 1 amide bonds. The van der Waals surface area contributed by atoms with Crippen molar-refractivity contribution in [1.29, 1.82) is 0 Å². The molecule has 0 fully saturated rings. The van der Waals surface area contributed by atoms with Crippen LogP contribution in [0.25, 0.3) is 20.4 Å². The van der Waals surface area contributed by atoms with Crippen LogP contribution in [-0.2, 0) is 17.9 Å². The smallest absolute Gasteiger partial charge is 0.262 e. The Bertz CT molecular complexity index is 1160. The number of aromatic nitrogens is 3. The van der Waals surface area contributed by atoms with Gasteiger partial charge in [-0.3, -0.25) is 14.2 Å². The molecule has 1 N–H and O–H groups in total.